The average molecular weight is 416 g/mol. The van der Waals surface area contributed by atoms with E-state index in [2.05, 4.69) is 20.2 Å². The molecule has 1 fully saturated rings. The highest BCUT2D eigenvalue weighted by Crippen LogP contribution is 2.28. The second-order valence-electron chi connectivity index (χ2n) is 7.56. The van der Waals surface area contributed by atoms with Crippen molar-refractivity contribution in [3.8, 4) is 5.82 Å². The summed E-state index contributed by atoms with van der Waals surface area (Å²) in [6, 6.07) is 9.89. The standard InChI is InChI=1S/C19H25N7O2S/c1-24(14-8-10-15(11-9-14)25(2)29(3,27)28)19-20-13-12-18(21-19)26-17-7-5-4-6-16(17)22-23-26/h4-7,12-15H,8-11H2,1-3H3. The van der Waals surface area contributed by atoms with Crippen LogP contribution in [0.5, 0.6) is 0 Å². The predicted octanol–water partition coefficient (Wildman–Crippen LogP) is 1.85. The van der Waals surface area contributed by atoms with Crippen LogP contribution in [0.1, 0.15) is 25.7 Å². The van der Waals surface area contributed by atoms with Gasteiger partial charge in [-0.15, -0.1) is 5.10 Å². The average Bonchev–Trinajstić information content (AvgIpc) is 3.16. The SMILES string of the molecule is CN(c1nccc(-n2nnc3ccccc32)n1)C1CCC(N(C)S(C)(=O)=O)CC1. The Kier molecular flexibility index (Phi) is 5.22. The normalized spacial score (nSPS) is 20.3. The van der Waals surface area contributed by atoms with Crippen LogP contribution in [0, 0.1) is 0 Å². The number of hydrogen-bond donors (Lipinski definition) is 0. The molecule has 0 radical (unpaired) electrons. The molecule has 0 atom stereocenters. The molecule has 0 bridgehead atoms. The van der Waals surface area contributed by atoms with Gasteiger partial charge in [0.1, 0.15) is 5.52 Å². The first-order valence-corrected chi connectivity index (χ1v) is 11.5. The fraction of sp³-hybridized carbons (Fsp3) is 0.474. The summed E-state index contributed by atoms with van der Waals surface area (Å²) < 4.78 is 26.8. The van der Waals surface area contributed by atoms with Gasteiger partial charge in [-0.3, -0.25) is 0 Å². The molecule has 4 rings (SSSR count). The van der Waals surface area contributed by atoms with E-state index in [1.165, 1.54) is 10.6 Å². The number of hydrogen-bond acceptors (Lipinski definition) is 7. The van der Waals surface area contributed by atoms with E-state index in [0.717, 1.165) is 36.7 Å². The van der Waals surface area contributed by atoms with Crippen LogP contribution in [-0.2, 0) is 10.0 Å². The second kappa shape index (κ2) is 7.68. The zero-order valence-electron chi connectivity index (χ0n) is 16.8. The van der Waals surface area contributed by atoms with Gasteiger partial charge in [-0.25, -0.2) is 17.7 Å². The highest BCUT2D eigenvalue weighted by Gasteiger charge is 2.30. The van der Waals surface area contributed by atoms with E-state index in [0.29, 0.717) is 11.8 Å². The number of rotatable bonds is 5. The van der Waals surface area contributed by atoms with Crippen molar-refractivity contribution in [2.45, 2.75) is 37.8 Å². The third-order valence-electron chi connectivity index (χ3n) is 5.76. The molecule has 0 saturated heterocycles. The van der Waals surface area contributed by atoms with E-state index in [1.54, 1.807) is 17.9 Å². The van der Waals surface area contributed by atoms with Gasteiger partial charge in [-0.2, -0.15) is 9.67 Å². The molecule has 1 aliphatic carbocycles. The van der Waals surface area contributed by atoms with Gasteiger partial charge in [0.2, 0.25) is 16.0 Å². The van der Waals surface area contributed by atoms with Crippen LogP contribution in [0.15, 0.2) is 36.5 Å². The summed E-state index contributed by atoms with van der Waals surface area (Å²) >= 11 is 0. The van der Waals surface area contributed by atoms with Crippen molar-refractivity contribution in [2.24, 2.45) is 0 Å². The largest absolute Gasteiger partial charge is 0.341 e. The van der Waals surface area contributed by atoms with E-state index in [9.17, 15) is 8.42 Å². The molecule has 0 unspecified atom stereocenters. The van der Waals surface area contributed by atoms with Crippen molar-refractivity contribution in [1.82, 2.24) is 29.3 Å². The van der Waals surface area contributed by atoms with Crippen LogP contribution in [0.3, 0.4) is 0 Å². The number of aromatic nitrogens is 5. The summed E-state index contributed by atoms with van der Waals surface area (Å²) in [5.41, 5.74) is 1.71. The molecular formula is C19H25N7O2S. The minimum Gasteiger partial charge on any atom is -0.341 e. The predicted molar refractivity (Wildman–Crippen MR) is 112 cm³/mol. The van der Waals surface area contributed by atoms with Crippen molar-refractivity contribution in [3.63, 3.8) is 0 Å². The number of sulfonamides is 1. The van der Waals surface area contributed by atoms with Crippen LogP contribution < -0.4 is 4.90 Å². The maximum atomic E-state index is 11.8. The van der Waals surface area contributed by atoms with E-state index in [4.69, 9.17) is 4.98 Å². The van der Waals surface area contributed by atoms with Crippen LogP contribution in [0.2, 0.25) is 0 Å². The maximum absolute atomic E-state index is 11.8. The Morgan fingerprint density at radius 3 is 2.45 bits per heavy atom. The molecule has 9 nitrogen and oxygen atoms in total. The fourth-order valence-electron chi connectivity index (χ4n) is 3.91. The first-order valence-electron chi connectivity index (χ1n) is 9.64. The van der Waals surface area contributed by atoms with Crippen molar-refractivity contribution in [1.29, 1.82) is 0 Å². The molecule has 29 heavy (non-hydrogen) atoms. The summed E-state index contributed by atoms with van der Waals surface area (Å²) in [6.07, 6.45) is 6.42. The molecule has 0 amide bonds. The Morgan fingerprint density at radius 2 is 1.72 bits per heavy atom. The molecular weight excluding hydrogens is 390 g/mol. The molecule has 0 spiro atoms. The van der Waals surface area contributed by atoms with Crippen LogP contribution in [0.25, 0.3) is 16.9 Å². The first kappa shape index (κ1) is 19.7. The van der Waals surface area contributed by atoms with E-state index < -0.39 is 10.0 Å². The minimum atomic E-state index is -3.16. The number of benzene rings is 1. The van der Waals surface area contributed by atoms with Crippen molar-refractivity contribution in [3.05, 3.63) is 36.5 Å². The Morgan fingerprint density at radius 1 is 1.03 bits per heavy atom. The lowest BCUT2D eigenvalue weighted by atomic mass is 9.90. The molecule has 2 heterocycles. The molecule has 1 aromatic carbocycles. The molecule has 2 aromatic heterocycles. The minimum absolute atomic E-state index is 0.0587. The lowest BCUT2D eigenvalue weighted by molar-refractivity contribution is 0.266. The van der Waals surface area contributed by atoms with Crippen LogP contribution in [0.4, 0.5) is 5.95 Å². The monoisotopic (exact) mass is 415 g/mol. The van der Waals surface area contributed by atoms with Gasteiger partial charge in [0.25, 0.3) is 0 Å². The molecule has 0 N–H and O–H groups in total. The molecule has 10 heteroatoms. The molecule has 1 aliphatic rings. The second-order valence-corrected chi connectivity index (χ2v) is 9.60. The Hall–Kier alpha value is -2.59. The Balaban J connectivity index is 1.51. The lowest BCUT2D eigenvalue weighted by Crippen LogP contribution is -2.43. The van der Waals surface area contributed by atoms with Gasteiger partial charge in [0, 0.05) is 38.4 Å². The summed E-state index contributed by atoms with van der Waals surface area (Å²) in [4.78, 5) is 11.2. The molecule has 154 valence electrons. The highest BCUT2D eigenvalue weighted by molar-refractivity contribution is 7.88. The van der Waals surface area contributed by atoms with Crippen LogP contribution >= 0.6 is 0 Å². The number of fused-ring (bicyclic) bond motifs is 1. The molecule has 3 aromatic rings. The highest BCUT2D eigenvalue weighted by atomic mass is 32.2. The van der Waals surface area contributed by atoms with E-state index in [-0.39, 0.29) is 12.1 Å². The van der Waals surface area contributed by atoms with Gasteiger partial charge in [-0.05, 0) is 37.8 Å². The molecule has 1 saturated carbocycles. The molecule has 0 aliphatic heterocycles. The third kappa shape index (κ3) is 3.95. The van der Waals surface area contributed by atoms with Gasteiger partial charge in [0.15, 0.2) is 5.82 Å². The Labute approximate surface area is 170 Å². The fourth-order valence-corrected chi connectivity index (χ4v) is 4.66. The number of anilines is 1. The van der Waals surface area contributed by atoms with Crippen molar-refractivity contribution < 1.29 is 8.42 Å². The smallest absolute Gasteiger partial charge is 0.227 e. The van der Waals surface area contributed by atoms with Crippen molar-refractivity contribution in [2.75, 3.05) is 25.3 Å². The van der Waals surface area contributed by atoms with Crippen LogP contribution in [-0.4, -0.2) is 70.1 Å². The summed E-state index contributed by atoms with van der Waals surface area (Å²) in [5.74, 6) is 1.29. The van der Waals surface area contributed by atoms with Gasteiger partial charge in [-0.1, -0.05) is 17.3 Å². The topological polar surface area (TPSA) is 97.1 Å². The zero-order chi connectivity index (χ0) is 20.6. The van der Waals surface area contributed by atoms with Gasteiger partial charge in [0.05, 0.1) is 11.8 Å². The quantitative estimate of drug-likeness (QED) is 0.627. The third-order valence-corrected chi connectivity index (χ3v) is 7.11. The summed E-state index contributed by atoms with van der Waals surface area (Å²) in [7, 11) is 0.494. The van der Waals surface area contributed by atoms with Gasteiger partial charge < -0.3 is 4.90 Å². The maximum Gasteiger partial charge on any atom is 0.227 e. The zero-order valence-corrected chi connectivity index (χ0v) is 17.6. The Bertz CT molecular complexity index is 1110. The van der Waals surface area contributed by atoms with Gasteiger partial charge >= 0.3 is 0 Å². The number of para-hydroxylation sites is 1. The van der Waals surface area contributed by atoms with E-state index in [1.807, 2.05) is 37.4 Å². The first-order chi connectivity index (χ1) is 13.8. The number of nitrogens with zero attached hydrogens (tertiary/aromatic N) is 7. The summed E-state index contributed by atoms with van der Waals surface area (Å²) in [6.45, 7) is 0. The van der Waals surface area contributed by atoms with Crippen molar-refractivity contribution >= 4 is 27.0 Å². The van der Waals surface area contributed by atoms with E-state index >= 15 is 0 Å². The lowest BCUT2D eigenvalue weighted by Gasteiger charge is -2.37. The summed E-state index contributed by atoms with van der Waals surface area (Å²) in [5, 5.41) is 8.42.